The summed E-state index contributed by atoms with van der Waals surface area (Å²) in [4.78, 5) is 14.5. The van der Waals surface area contributed by atoms with Crippen LogP contribution in [0.5, 0.6) is 0 Å². The highest BCUT2D eigenvalue weighted by Crippen LogP contribution is 2.23. The van der Waals surface area contributed by atoms with Gasteiger partial charge in [-0.2, -0.15) is 0 Å². The predicted octanol–water partition coefficient (Wildman–Crippen LogP) is 3.22. The lowest BCUT2D eigenvalue weighted by molar-refractivity contribution is 0.637. The van der Waals surface area contributed by atoms with Gasteiger partial charge in [-0.1, -0.05) is 18.2 Å². The predicted molar refractivity (Wildman–Crippen MR) is 71.6 cm³/mol. The standard InChI is InChI=1S/C13H8BrFN2O/c14-8-4-1-2-6-10(8)17-11-7-3-5-9(15)12(11)16-13(17)18/h1-7H,(H,16,18). The molecule has 0 aliphatic carbocycles. The first-order valence-electron chi connectivity index (χ1n) is 5.32. The number of rotatable bonds is 1. The van der Waals surface area contributed by atoms with Gasteiger partial charge in [0.2, 0.25) is 0 Å². The normalized spacial score (nSPS) is 11.0. The average molecular weight is 307 g/mol. The second-order valence-corrected chi connectivity index (χ2v) is 4.71. The van der Waals surface area contributed by atoms with Gasteiger partial charge in [0.1, 0.15) is 11.3 Å². The number of hydrogen-bond donors (Lipinski definition) is 1. The zero-order valence-electron chi connectivity index (χ0n) is 9.15. The molecule has 0 saturated heterocycles. The number of halogens is 2. The summed E-state index contributed by atoms with van der Waals surface area (Å²) in [6, 6.07) is 11.9. The van der Waals surface area contributed by atoms with Gasteiger partial charge in [0, 0.05) is 4.47 Å². The van der Waals surface area contributed by atoms with E-state index < -0.39 is 5.82 Å². The Bertz CT molecular complexity index is 791. The summed E-state index contributed by atoms with van der Waals surface area (Å²) in [6.07, 6.45) is 0. The first-order chi connectivity index (χ1) is 8.68. The van der Waals surface area contributed by atoms with Crippen molar-refractivity contribution in [2.45, 2.75) is 0 Å². The molecule has 0 aliphatic rings. The number of aromatic nitrogens is 2. The van der Waals surface area contributed by atoms with Crippen molar-refractivity contribution in [3.63, 3.8) is 0 Å². The average Bonchev–Trinajstić information content (AvgIpc) is 2.68. The van der Waals surface area contributed by atoms with Crippen LogP contribution in [0.1, 0.15) is 0 Å². The van der Waals surface area contributed by atoms with Crippen LogP contribution in [0.2, 0.25) is 0 Å². The number of benzene rings is 2. The second kappa shape index (κ2) is 4.10. The van der Waals surface area contributed by atoms with Crippen LogP contribution in [0, 0.1) is 5.82 Å². The highest BCUT2D eigenvalue weighted by Gasteiger charge is 2.12. The number of aromatic amines is 1. The van der Waals surface area contributed by atoms with Crippen molar-refractivity contribution in [3.05, 3.63) is 63.2 Å². The molecule has 1 aromatic heterocycles. The minimum atomic E-state index is -0.435. The summed E-state index contributed by atoms with van der Waals surface area (Å²) in [6.45, 7) is 0. The lowest BCUT2D eigenvalue weighted by atomic mass is 10.2. The van der Waals surface area contributed by atoms with Crippen LogP contribution in [0.25, 0.3) is 16.7 Å². The molecule has 0 unspecified atom stereocenters. The fourth-order valence-electron chi connectivity index (χ4n) is 1.97. The van der Waals surface area contributed by atoms with E-state index in [4.69, 9.17) is 0 Å². The van der Waals surface area contributed by atoms with Crippen LogP contribution in [0.3, 0.4) is 0 Å². The minimum Gasteiger partial charge on any atom is -0.303 e. The van der Waals surface area contributed by atoms with Crippen molar-refractivity contribution in [1.29, 1.82) is 0 Å². The summed E-state index contributed by atoms with van der Waals surface area (Å²) in [5.74, 6) is -0.435. The molecule has 1 heterocycles. The van der Waals surface area contributed by atoms with Gasteiger partial charge in [-0.25, -0.2) is 9.18 Å². The van der Waals surface area contributed by atoms with Crippen molar-refractivity contribution in [3.8, 4) is 5.69 Å². The van der Waals surface area contributed by atoms with Gasteiger partial charge in [0.05, 0.1) is 11.2 Å². The number of para-hydroxylation sites is 2. The van der Waals surface area contributed by atoms with Gasteiger partial charge in [-0.15, -0.1) is 0 Å². The minimum absolute atomic E-state index is 0.221. The molecule has 3 nitrogen and oxygen atoms in total. The van der Waals surface area contributed by atoms with Crippen molar-refractivity contribution in [1.82, 2.24) is 9.55 Å². The molecular weight excluding hydrogens is 299 g/mol. The second-order valence-electron chi connectivity index (χ2n) is 3.85. The molecule has 0 saturated carbocycles. The van der Waals surface area contributed by atoms with Crippen LogP contribution in [0.4, 0.5) is 4.39 Å². The van der Waals surface area contributed by atoms with Crippen LogP contribution in [-0.4, -0.2) is 9.55 Å². The molecule has 0 fully saturated rings. The molecule has 3 aromatic rings. The summed E-state index contributed by atoms with van der Waals surface area (Å²) in [7, 11) is 0. The molecule has 18 heavy (non-hydrogen) atoms. The molecule has 0 amide bonds. The highest BCUT2D eigenvalue weighted by molar-refractivity contribution is 9.10. The Hall–Kier alpha value is -1.88. The molecular formula is C13H8BrFN2O. The van der Waals surface area contributed by atoms with Crippen molar-refractivity contribution < 1.29 is 4.39 Å². The van der Waals surface area contributed by atoms with Crippen molar-refractivity contribution in [2.75, 3.05) is 0 Å². The number of H-pyrrole nitrogens is 1. The van der Waals surface area contributed by atoms with Crippen molar-refractivity contribution >= 4 is 27.0 Å². The highest BCUT2D eigenvalue weighted by atomic mass is 79.9. The van der Waals surface area contributed by atoms with Gasteiger partial charge >= 0.3 is 5.69 Å². The topological polar surface area (TPSA) is 37.8 Å². The largest absolute Gasteiger partial charge is 0.331 e. The Morgan fingerprint density at radius 3 is 2.67 bits per heavy atom. The fraction of sp³-hybridized carbons (Fsp3) is 0. The van der Waals surface area contributed by atoms with E-state index in [1.165, 1.54) is 10.6 Å². The Morgan fingerprint density at radius 2 is 1.89 bits per heavy atom. The number of nitrogens with zero attached hydrogens (tertiary/aromatic N) is 1. The summed E-state index contributed by atoms with van der Waals surface area (Å²) < 4.78 is 15.8. The van der Waals surface area contributed by atoms with E-state index in [0.717, 1.165) is 4.47 Å². The zero-order valence-corrected chi connectivity index (χ0v) is 10.7. The van der Waals surface area contributed by atoms with E-state index >= 15 is 0 Å². The van der Waals surface area contributed by atoms with Gasteiger partial charge < -0.3 is 4.98 Å². The van der Waals surface area contributed by atoms with Crippen LogP contribution < -0.4 is 5.69 Å². The molecule has 90 valence electrons. The quantitative estimate of drug-likeness (QED) is 0.736. The SMILES string of the molecule is O=c1[nH]c2c(F)cccc2n1-c1ccccc1Br. The first kappa shape index (κ1) is 11.2. The van der Waals surface area contributed by atoms with Crippen molar-refractivity contribution in [2.24, 2.45) is 0 Å². The third-order valence-electron chi connectivity index (χ3n) is 2.76. The van der Waals surface area contributed by atoms with Gasteiger partial charge in [-0.05, 0) is 40.2 Å². The third-order valence-corrected chi connectivity index (χ3v) is 3.43. The molecule has 2 aromatic carbocycles. The van der Waals surface area contributed by atoms with Gasteiger partial charge in [0.25, 0.3) is 0 Å². The molecule has 1 N–H and O–H groups in total. The molecule has 3 rings (SSSR count). The van der Waals surface area contributed by atoms with E-state index in [1.54, 1.807) is 18.2 Å². The number of nitrogens with one attached hydrogen (secondary N) is 1. The zero-order chi connectivity index (χ0) is 12.7. The van der Waals surface area contributed by atoms with E-state index in [1.807, 2.05) is 18.2 Å². The number of hydrogen-bond acceptors (Lipinski definition) is 1. The number of imidazole rings is 1. The van der Waals surface area contributed by atoms with Gasteiger partial charge in [0.15, 0.2) is 0 Å². The Labute approximate surface area is 110 Å². The summed E-state index contributed by atoms with van der Waals surface area (Å²) >= 11 is 3.39. The molecule has 5 heteroatoms. The van der Waals surface area contributed by atoms with E-state index in [-0.39, 0.29) is 11.2 Å². The van der Waals surface area contributed by atoms with Crippen LogP contribution in [-0.2, 0) is 0 Å². The molecule has 0 spiro atoms. The first-order valence-corrected chi connectivity index (χ1v) is 6.12. The molecule has 0 radical (unpaired) electrons. The molecule has 0 bridgehead atoms. The maximum absolute atomic E-state index is 13.6. The Balaban J connectivity index is 2.44. The third kappa shape index (κ3) is 1.59. The smallest absolute Gasteiger partial charge is 0.303 e. The van der Waals surface area contributed by atoms with E-state index in [0.29, 0.717) is 11.2 Å². The van der Waals surface area contributed by atoms with Gasteiger partial charge in [-0.3, -0.25) is 4.57 Å². The van der Waals surface area contributed by atoms with Crippen LogP contribution >= 0.6 is 15.9 Å². The summed E-state index contributed by atoms with van der Waals surface area (Å²) in [5.41, 5.74) is 1.06. The maximum atomic E-state index is 13.6. The van der Waals surface area contributed by atoms with E-state index in [9.17, 15) is 9.18 Å². The molecule has 0 aliphatic heterocycles. The monoisotopic (exact) mass is 306 g/mol. The molecule has 0 atom stereocenters. The fourth-order valence-corrected chi connectivity index (χ4v) is 2.43. The van der Waals surface area contributed by atoms with E-state index in [2.05, 4.69) is 20.9 Å². The Kier molecular flexibility index (Phi) is 2.56. The maximum Gasteiger partial charge on any atom is 0.331 e. The Morgan fingerprint density at radius 1 is 1.11 bits per heavy atom. The number of fused-ring (bicyclic) bond motifs is 1. The van der Waals surface area contributed by atoms with Crippen LogP contribution in [0.15, 0.2) is 51.7 Å². The lowest BCUT2D eigenvalue weighted by Gasteiger charge is -2.05. The summed E-state index contributed by atoms with van der Waals surface area (Å²) in [5, 5.41) is 0. The lowest BCUT2D eigenvalue weighted by Crippen LogP contribution is -2.14.